The fourth-order valence-corrected chi connectivity index (χ4v) is 4.52. The third-order valence-corrected chi connectivity index (χ3v) is 5.89. The number of hydrogen-bond acceptors (Lipinski definition) is 1. The number of fused-ring (bicyclic) bond motifs is 1. The van der Waals surface area contributed by atoms with E-state index in [1.54, 1.807) is 0 Å². The molecular formula is C21H20N2S+2. The Labute approximate surface area is 146 Å². The standard InChI is InChI=1S/C21H20N2S/c1-15-16(18-11-6-7-14-22(18)2)9-8-10-17(15)21-23(3)19-12-4-5-13-20(19)24-21/h4-14H,1-3H3/q+2. The highest BCUT2D eigenvalue weighted by Gasteiger charge is 2.22. The molecule has 0 N–H and O–H groups in total. The summed E-state index contributed by atoms with van der Waals surface area (Å²) in [5.74, 6) is 0. The molecule has 0 spiro atoms. The van der Waals surface area contributed by atoms with Gasteiger partial charge in [0.1, 0.15) is 18.8 Å². The van der Waals surface area contributed by atoms with Crippen molar-refractivity contribution >= 4 is 21.6 Å². The Hall–Kier alpha value is -2.52. The Bertz CT molecular complexity index is 1050. The zero-order valence-corrected chi connectivity index (χ0v) is 15.0. The molecule has 2 nitrogen and oxygen atoms in total. The van der Waals surface area contributed by atoms with E-state index in [1.165, 1.54) is 37.6 Å². The first kappa shape index (κ1) is 15.0. The minimum Gasteiger partial charge on any atom is -0.201 e. The highest BCUT2D eigenvalue weighted by molar-refractivity contribution is 7.21. The summed E-state index contributed by atoms with van der Waals surface area (Å²) in [6, 6.07) is 21.5. The van der Waals surface area contributed by atoms with Crippen LogP contribution in [0.15, 0.2) is 66.9 Å². The molecule has 2 aromatic heterocycles. The Morgan fingerprint density at radius 1 is 0.792 bits per heavy atom. The van der Waals surface area contributed by atoms with E-state index < -0.39 is 0 Å². The molecule has 4 aromatic rings. The van der Waals surface area contributed by atoms with Crippen LogP contribution in [0.4, 0.5) is 0 Å². The number of rotatable bonds is 2. The molecule has 0 fully saturated rings. The number of pyridine rings is 1. The van der Waals surface area contributed by atoms with Gasteiger partial charge in [0.2, 0.25) is 11.2 Å². The molecule has 0 unspecified atom stereocenters. The molecule has 0 aliphatic carbocycles. The van der Waals surface area contributed by atoms with Crippen molar-refractivity contribution in [3.05, 3.63) is 72.4 Å². The first-order chi connectivity index (χ1) is 11.7. The topological polar surface area (TPSA) is 7.76 Å². The molecule has 0 aliphatic rings. The fraction of sp³-hybridized carbons (Fsp3) is 0.143. The van der Waals surface area contributed by atoms with Gasteiger partial charge in [-0.05, 0) is 36.8 Å². The van der Waals surface area contributed by atoms with Crippen molar-refractivity contribution in [2.24, 2.45) is 14.1 Å². The molecule has 2 heterocycles. The Morgan fingerprint density at radius 3 is 2.33 bits per heavy atom. The van der Waals surface area contributed by atoms with E-state index in [2.05, 4.69) is 97.0 Å². The average molecular weight is 332 g/mol. The van der Waals surface area contributed by atoms with Gasteiger partial charge in [-0.3, -0.25) is 0 Å². The van der Waals surface area contributed by atoms with Crippen LogP contribution in [-0.2, 0) is 14.1 Å². The zero-order chi connectivity index (χ0) is 16.7. The van der Waals surface area contributed by atoms with Crippen molar-refractivity contribution in [3.63, 3.8) is 0 Å². The number of aryl methyl sites for hydroxylation is 2. The Kier molecular flexibility index (Phi) is 3.66. The van der Waals surface area contributed by atoms with Gasteiger partial charge in [-0.1, -0.05) is 29.5 Å². The molecule has 0 bridgehead atoms. The minimum atomic E-state index is 1.24. The van der Waals surface area contributed by atoms with Crippen molar-refractivity contribution in [3.8, 4) is 21.8 Å². The lowest BCUT2D eigenvalue weighted by atomic mass is 9.99. The average Bonchev–Trinajstić information content (AvgIpc) is 2.93. The monoisotopic (exact) mass is 332 g/mol. The Balaban J connectivity index is 1.95. The van der Waals surface area contributed by atoms with Crippen molar-refractivity contribution in [2.45, 2.75) is 6.92 Å². The van der Waals surface area contributed by atoms with Crippen LogP contribution in [0, 0.1) is 6.92 Å². The van der Waals surface area contributed by atoms with Crippen molar-refractivity contribution in [1.82, 2.24) is 0 Å². The summed E-state index contributed by atoms with van der Waals surface area (Å²) in [6.07, 6.45) is 2.10. The number of hydrogen-bond donors (Lipinski definition) is 0. The van der Waals surface area contributed by atoms with Crippen LogP contribution < -0.4 is 9.13 Å². The lowest BCUT2D eigenvalue weighted by Crippen LogP contribution is -2.30. The molecule has 0 saturated heterocycles. The molecule has 0 saturated carbocycles. The largest absolute Gasteiger partial charge is 0.270 e. The Morgan fingerprint density at radius 2 is 1.54 bits per heavy atom. The second-order valence-corrected chi connectivity index (χ2v) is 7.14. The first-order valence-electron chi connectivity index (χ1n) is 8.09. The second kappa shape index (κ2) is 5.84. The number of para-hydroxylation sites is 1. The summed E-state index contributed by atoms with van der Waals surface area (Å²) in [5.41, 5.74) is 6.43. The smallest absolute Gasteiger partial charge is 0.201 e. The van der Waals surface area contributed by atoms with E-state index in [4.69, 9.17) is 0 Å². The summed E-state index contributed by atoms with van der Waals surface area (Å²) in [4.78, 5) is 0. The maximum absolute atomic E-state index is 2.30. The lowest BCUT2D eigenvalue weighted by molar-refractivity contribution is -0.660. The van der Waals surface area contributed by atoms with Crippen molar-refractivity contribution < 1.29 is 9.13 Å². The quantitative estimate of drug-likeness (QED) is 0.486. The maximum Gasteiger partial charge on any atom is 0.270 e. The first-order valence-corrected chi connectivity index (χ1v) is 8.91. The van der Waals surface area contributed by atoms with Gasteiger partial charge in [-0.25, -0.2) is 4.57 Å². The number of benzene rings is 2. The van der Waals surface area contributed by atoms with Crippen LogP contribution in [0.2, 0.25) is 0 Å². The third-order valence-electron chi connectivity index (χ3n) is 4.63. The normalized spacial score (nSPS) is 11.1. The molecule has 2 aromatic carbocycles. The van der Waals surface area contributed by atoms with Gasteiger partial charge in [0.15, 0.2) is 6.20 Å². The summed E-state index contributed by atoms with van der Waals surface area (Å²) < 4.78 is 5.80. The van der Waals surface area contributed by atoms with Crippen molar-refractivity contribution in [1.29, 1.82) is 0 Å². The molecule has 24 heavy (non-hydrogen) atoms. The lowest BCUT2D eigenvalue weighted by Gasteiger charge is -2.07. The maximum atomic E-state index is 2.30. The second-order valence-electron chi connectivity index (χ2n) is 6.11. The number of aromatic nitrogens is 2. The van der Waals surface area contributed by atoms with Crippen LogP contribution >= 0.6 is 11.3 Å². The van der Waals surface area contributed by atoms with E-state index >= 15 is 0 Å². The van der Waals surface area contributed by atoms with E-state index in [0.717, 1.165) is 0 Å². The molecule has 0 aliphatic heterocycles. The van der Waals surface area contributed by atoms with Gasteiger partial charge in [0.25, 0.3) is 5.01 Å². The minimum absolute atomic E-state index is 1.24. The predicted octanol–water partition coefficient (Wildman–Crippen LogP) is 4.19. The molecule has 118 valence electrons. The van der Waals surface area contributed by atoms with Crippen LogP contribution in [0.5, 0.6) is 0 Å². The van der Waals surface area contributed by atoms with Crippen molar-refractivity contribution in [2.75, 3.05) is 0 Å². The van der Waals surface area contributed by atoms with E-state index in [1.807, 2.05) is 11.3 Å². The zero-order valence-electron chi connectivity index (χ0n) is 14.2. The van der Waals surface area contributed by atoms with E-state index in [9.17, 15) is 0 Å². The summed E-state index contributed by atoms with van der Waals surface area (Å²) in [7, 11) is 4.25. The predicted molar refractivity (Wildman–Crippen MR) is 99.8 cm³/mol. The summed E-state index contributed by atoms with van der Waals surface area (Å²) in [5, 5.41) is 1.30. The summed E-state index contributed by atoms with van der Waals surface area (Å²) in [6.45, 7) is 2.22. The molecular weight excluding hydrogens is 312 g/mol. The molecule has 0 amide bonds. The summed E-state index contributed by atoms with van der Waals surface area (Å²) >= 11 is 1.86. The van der Waals surface area contributed by atoms with Gasteiger partial charge < -0.3 is 0 Å². The van der Waals surface area contributed by atoms with Crippen LogP contribution in [-0.4, -0.2) is 0 Å². The molecule has 0 radical (unpaired) electrons. The molecule has 0 atom stereocenters. The SMILES string of the molecule is Cc1c(-c2cccc[n+]2C)cccc1-c1sc2ccccc2[n+]1C. The van der Waals surface area contributed by atoms with Crippen LogP contribution in [0.1, 0.15) is 5.56 Å². The van der Waals surface area contributed by atoms with Gasteiger partial charge in [-0.2, -0.15) is 4.57 Å². The number of thiazole rings is 1. The van der Waals surface area contributed by atoms with Gasteiger partial charge in [0.05, 0.1) is 5.56 Å². The number of nitrogens with zero attached hydrogens (tertiary/aromatic N) is 2. The third kappa shape index (κ3) is 2.33. The highest BCUT2D eigenvalue weighted by Crippen LogP contribution is 2.33. The highest BCUT2D eigenvalue weighted by atomic mass is 32.1. The van der Waals surface area contributed by atoms with Crippen LogP contribution in [0.3, 0.4) is 0 Å². The van der Waals surface area contributed by atoms with Gasteiger partial charge in [-0.15, -0.1) is 0 Å². The molecule has 4 rings (SSSR count). The van der Waals surface area contributed by atoms with E-state index in [0.29, 0.717) is 0 Å². The van der Waals surface area contributed by atoms with Crippen LogP contribution in [0.25, 0.3) is 32.0 Å². The molecule has 3 heteroatoms. The van der Waals surface area contributed by atoms with Gasteiger partial charge in [0, 0.05) is 23.8 Å². The van der Waals surface area contributed by atoms with E-state index in [-0.39, 0.29) is 0 Å². The fourth-order valence-electron chi connectivity index (χ4n) is 3.29. The van der Waals surface area contributed by atoms with Gasteiger partial charge >= 0.3 is 0 Å².